The van der Waals surface area contributed by atoms with Gasteiger partial charge in [-0.1, -0.05) is 27.2 Å². The van der Waals surface area contributed by atoms with Gasteiger partial charge in [0.05, 0.1) is 0 Å². The highest BCUT2D eigenvalue weighted by Crippen LogP contribution is 2.20. The van der Waals surface area contributed by atoms with E-state index in [1.807, 2.05) is 6.92 Å². The number of carbonyl (C=O) groups is 2. The molecule has 0 fully saturated rings. The normalized spacial score (nSPS) is 16.9. The van der Waals surface area contributed by atoms with E-state index in [1.54, 1.807) is 0 Å². The van der Waals surface area contributed by atoms with Crippen molar-refractivity contribution in [1.82, 2.24) is 10.6 Å². The fourth-order valence-electron chi connectivity index (χ4n) is 2.23. The molecule has 0 aromatic heterocycles. The fourth-order valence-corrected chi connectivity index (χ4v) is 2.23. The van der Waals surface area contributed by atoms with Crippen LogP contribution in [0, 0.1) is 11.8 Å². The third-order valence-corrected chi connectivity index (χ3v) is 3.73. The summed E-state index contributed by atoms with van der Waals surface area (Å²) in [6.45, 7) is 7.83. The summed E-state index contributed by atoms with van der Waals surface area (Å²) < 4.78 is 0. The van der Waals surface area contributed by atoms with Crippen LogP contribution in [-0.2, 0) is 4.79 Å². The largest absolute Gasteiger partial charge is 0.465 e. The van der Waals surface area contributed by atoms with Gasteiger partial charge < -0.3 is 20.8 Å². The maximum Gasteiger partial charge on any atom is 0.405 e. The molecule has 118 valence electrons. The van der Waals surface area contributed by atoms with Gasteiger partial charge in [-0.15, -0.1) is 0 Å². The van der Waals surface area contributed by atoms with Gasteiger partial charge in [-0.3, -0.25) is 4.79 Å². The third kappa shape index (κ3) is 6.75. The number of rotatable bonds is 9. The second-order valence-corrected chi connectivity index (χ2v) is 5.43. The van der Waals surface area contributed by atoms with E-state index >= 15 is 0 Å². The highest BCUT2D eigenvalue weighted by atomic mass is 16.4. The van der Waals surface area contributed by atoms with E-state index in [-0.39, 0.29) is 24.5 Å². The van der Waals surface area contributed by atoms with Crippen LogP contribution in [0.25, 0.3) is 0 Å². The lowest BCUT2D eigenvalue weighted by molar-refractivity contribution is -0.124. The maximum absolute atomic E-state index is 12.0. The van der Waals surface area contributed by atoms with E-state index in [4.69, 9.17) is 10.2 Å². The van der Waals surface area contributed by atoms with Gasteiger partial charge in [0.2, 0.25) is 5.91 Å². The fraction of sp³-hybridized carbons (Fsp3) is 0.857. The van der Waals surface area contributed by atoms with Crippen molar-refractivity contribution >= 4 is 12.0 Å². The first-order valence-corrected chi connectivity index (χ1v) is 7.24. The van der Waals surface area contributed by atoms with Gasteiger partial charge in [-0.2, -0.15) is 0 Å². The summed E-state index contributed by atoms with van der Waals surface area (Å²) >= 11 is 0. The van der Waals surface area contributed by atoms with Crippen molar-refractivity contribution in [3.63, 3.8) is 0 Å². The molecule has 6 heteroatoms. The highest BCUT2D eigenvalue weighted by molar-refractivity contribution is 5.85. The van der Waals surface area contributed by atoms with Gasteiger partial charge in [0.1, 0.15) is 6.04 Å². The lowest BCUT2D eigenvalue weighted by atomic mass is 9.86. The summed E-state index contributed by atoms with van der Waals surface area (Å²) in [7, 11) is 0. The summed E-state index contributed by atoms with van der Waals surface area (Å²) in [6.07, 6.45) is 1.25. The molecule has 0 rings (SSSR count). The van der Waals surface area contributed by atoms with Crippen LogP contribution in [0.5, 0.6) is 0 Å². The van der Waals surface area contributed by atoms with Crippen molar-refractivity contribution in [2.75, 3.05) is 6.61 Å². The standard InChI is InChI=1S/C14H28N2O4/c1-5-9(2)12(10(3)7-6-8-17)16-13(18)11(4)15-14(19)20/h9-12,15,17H,5-8H2,1-4H3,(H,16,18)(H,19,20)/t9-,10-,11?,12+/m0/s1. The van der Waals surface area contributed by atoms with Crippen LogP contribution >= 0.6 is 0 Å². The molecule has 4 N–H and O–H groups in total. The van der Waals surface area contributed by atoms with Gasteiger partial charge in [0.15, 0.2) is 0 Å². The van der Waals surface area contributed by atoms with E-state index in [1.165, 1.54) is 6.92 Å². The minimum absolute atomic E-state index is 0.0166. The molecular weight excluding hydrogens is 260 g/mol. The molecule has 6 nitrogen and oxygen atoms in total. The van der Waals surface area contributed by atoms with Crippen molar-refractivity contribution in [2.24, 2.45) is 11.8 Å². The Kier molecular flexibility index (Phi) is 8.96. The van der Waals surface area contributed by atoms with Crippen molar-refractivity contribution in [3.05, 3.63) is 0 Å². The zero-order valence-electron chi connectivity index (χ0n) is 12.8. The van der Waals surface area contributed by atoms with Crippen molar-refractivity contribution in [1.29, 1.82) is 0 Å². The Hall–Kier alpha value is -1.30. The molecule has 20 heavy (non-hydrogen) atoms. The van der Waals surface area contributed by atoms with Gasteiger partial charge in [0, 0.05) is 12.6 Å². The van der Waals surface area contributed by atoms with Gasteiger partial charge in [0.25, 0.3) is 0 Å². The molecule has 0 aliphatic rings. The van der Waals surface area contributed by atoms with Crippen molar-refractivity contribution < 1.29 is 19.8 Å². The first-order chi connectivity index (χ1) is 9.33. The summed E-state index contributed by atoms with van der Waals surface area (Å²) in [5, 5.41) is 22.6. The van der Waals surface area contributed by atoms with Gasteiger partial charge in [-0.05, 0) is 31.6 Å². The van der Waals surface area contributed by atoms with Crippen LogP contribution < -0.4 is 10.6 Å². The first-order valence-electron chi connectivity index (χ1n) is 7.24. The Labute approximate surface area is 120 Å². The van der Waals surface area contributed by atoms with Gasteiger partial charge >= 0.3 is 6.09 Å². The van der Waals surface area contributed by atoms with Crippen LogP contribution in [0.3, 0.4) is 0 Å². The molecule has 0 saturated carbocycles. The Bertz CT molecular complexity index is 310. The Morgan fingerprint density at radius 3 is 2.15 bits per heavy atom. The smallest absolute Gasteiger partial charge is 0.405 e. The first kappa shape index (κ1) is 18.7. The van der Waals surface area contributed by atoms with E-state index < -0.39 is 12.1 Å². The molecule has 0 aliphatic carbocycles. The zero-order valence-corrected chi connectivity index (χ0v) is 12.8. The third-order valence-electron chi connectivity index (χ3n) is 3.73. The van der Waals surface area contributed by atoms with Gasteiger partial charge in [-0.25, -0.2) is 4.79 Å². The molecule has 0 heterocycles. The summed E-state index contributed by atoms with van der Waals surface area (Å²) in [5.41, 5.74) is 0. The SMILES string of the molecule is CC[C@H](C)[C@@H](NC(=O)C(C)NC(=O)O)[C@@H](C)CCCO. The topological polar surface area (TPSA) is 98.7 Å². The molecule has 0 bridgehead atoms. The molecule has 4 atom stereocenters. The molecule has 0 aliphatic heterocycles. The predicted molar refractivity (Wildman–Crippen MR) is 77.5 cm³/mol. The molecule has 2 amide bonds. The van der Waals surface area contributed by atoms with Crippen LogP contribution in [-0.4, -0.2) is 40.9 Å². The number of hydrogen-bond acceptors (Lipinski definition) is 3. The quantitative estimate of drug-likeness (QED) is 0.517. The average molecular weight is 288 g/mol. The molecular formula is C14H28N2O4. The maximum atomic E-state index is 12.0. The second kappa shape index (κ2) is 9.58. The lowest BCUT2D eigenvalue weighted by Gasteiger charge is -2.31. The number of nitrogens with one attached hydrogen (secondary N) is 2. The summed E-state index contributed by atoms with van der Waals surface area (Å²) in [5.74, 6) is 0.219. The number of aliphatic hydroxyl groups excluding tert-OH is 1. The van der Waals surface area contributed by atoms with Crippen LogP contribution in [0.15, 0.2) is 0 Å². The predicted octanol–water partition coefficient (Wildman–Crippen LogP) is 1.58. The number of hydrogen-bond donors (Lipinski definition) is 4. The molecule has 0 saturated heterocycles. The minimum Gasteiger partial charge on any atom is -0.465 e. The van der Waals surface area contributed by atoms with E-state index in [0.29, 0.717) is 12.3 Å². The second-order valence-electron chi connectivity index (χ2n) is 5.43. The molecule has 0 aromatic carbocycles. The van der Waals surface area contributed by atoms with E-state index in [2.05, 4.69) is 24.5 Å². The molecule has 0 radical (unpaired) electrons. The summed E-state index contributed by atoms with van der Waals surface area (Å²) in [6, 6.07) is -0.791. The van der Waals surface area contributed by atoms with E-state index in [9.17, 15) is 9.59 Å². The monoisotopic (exact) mass is 288 g/mol. The van der Waals surface area contributed by atoms with Crippen molar-refractivity contribution in [2.45, 2.75) is 59.0 Å². The van der Waals surface area contributed by atoms with Crippen LogP contribution in [0.2, 0.25) is 0 Å². The van der Waals surface area contributed by atoms with Crippen molar-refractivity contribution in [3.8, 4) is 0 Å². The molecule has 0 aromatic rings. The number of aliphatic hydroxyl groups is 1. The Balaban J connectivity index is 4.63. The van der Waals surface area contributed by atoms with E-state index in [0.717, 1.165) is 12.8 Å². The number of carboxylic acid groups (broad SMARTS) is 1. The highest BCUT2D eigenvalue weighted by Gasteiger charge is 2.26. The zero-order chi connectivity index (χ0) is 15.7. The Morgan fingerprint density at radius 1 is 1.10 bits per heavy atom. The molecule has 0 spiro atoms. The average Bonchev–Trinajstić information content (AvgIpc) is 2.40. The van der Waals surface area contributed by atoms with Crippen LogP contribution in [0.4, 0.5) is 4.79 Å². The lowest BCUT2D eigenvalue weighted by Crippen LogP contribution is -2.51. The number of amides is 2. The minimum atomic E-state index is -1.21. The number of carbonyl (C=O) groups excluding carboxylic acids is 1. The van der Waals surface area contributed by atoms with Crippen LogP contribution in [0.1, 0.15) is 47.0 Å². The molecule has 1 unspecified atom stereocenters. The summed E-state index contributed by atoms with van der Waals surface area (Å²) in [4.78, 5) is 22.5. The Morgan fingerprint density at radius 2 is 1.70 bits per heavy atom.